The number of carboxylic acid groups (broad SMARTS) is 1. The van der Waals surface area contributed by atoms with E-state index in [1.54, 1.807) is 14.0 Å². The summed E-state index contributed by atoms with van der Waals surface area (Å²) in [5.41, 5.74) is 2.76. The number of furan rings is 1. The lowest BCUT2D eigenvalue weighted by Gasteiger charge is -2.14. The third kappa shape index (κ3) is 5.58. The van der Waals surface area contributed by atoms with E-state index >= 15 is 0 Å². The number of rotatable bonds is 10. The summed E-state index contributed by atoms with van der Waals surface area (Å²) in [6.45, 7) is 3.58. The third-order valence-corrected chi connectivity index (χ3v) is 5.26. The van der Waals surface area contributed by atoms with Crippen LogP contribution < -0.4 is 4.74 Å². The second kappa shape index (κ2) is 10.7. The van der Waals surface area contributed by atoms with E-state index in [0.29, 0.717) is 47.7 Å². The van der Waals surface area contributed by atoms with Gasteiger partial charge in [0.2, 0.25) is 0 Å². The molecule has 1 unspecified atom stereocenters. The Morgan fingerprint density at radius 1 is 1.00 bits per heavy atom. The maximum absolute atomic E-state index is 13.2. The van der Waals surface area contributed by atoms with Gasteiger partial charge in [0, 0.05) is 17.5 Å². The van der Waals surface area contributed by atoms with Gasteiger partial charge < -0.3 is 19.0 Å². The molecule has 0 fully saturated rings. The number of carboxylic acids is 1. The number of aryl methyl sites for hydroxylation is 1. The van der Waals surface area contributed by atoms with Crippen LogP contribution in [0.2, 0.25) is 0 Å². The predicted molar refractivity (Wildman–Crippen MR) is 122 cm³/mol. The van der Waals surface area contributed by atoms with Gasteiger partial charge >= 0.3 is 11.9 Å². The first-order valence-electron chi connectivity index (χ1n) is 10.7. The van der Waals surface area contributed by atoms with Crippen LogP contribution in [0.3, 0.4) is 0 Å². The molecule has 0 saturated heterocycles. The highest BCUT2D eigenvalue weighted by Crippen LogP contribution is 2.40. The summed E-state index contributed by atoms with van der Waals surface area (Å²) in [5, 5.41) is 8.77. The first-order chi connectivity index (χ1) is 15.4. The van der Waals surface area contributed by atoms with Crippen molar-refractivity contribution in [2.75, 3.05) is 7.11 Å². The topological polar surface area (TPSA) is 86.0 Å². The van der Waals surface area contributed by atoms with Gasteiger partial charge in [0.25, 0.3) is 0 Å². The molecule has 1 atom stereocenters. The minimum Gasteiger partial charge on any atom is -0.497 e. The molecule has 168 valence electrons. The fourth-order valence-electron chi connectivity index (χ4n) is 3.63. The van der Waals surface area contributed by atoms with E-state index in [0.717, 1.165) is 11.1 Å². The molecule has 0 spiro atoms. The molecular formula is C26H28O6. The van der Waals surface area contributed by atoms with Gasteiger partial charge in [-0.2, -0.15) is 0 Å². The molecule has 0 saturated carbocycles. The van der Waals surface area contributed by atoms with Crippen LogP contribution in [0.1, 0.15) is 48.7 Å². The fraction of sp³-hybridized carbons (Fsp3) is 0.308. The number of hydrogen-bond acceptors (Lipinski definition) is 5. The van der Waals surface area contributed by atoms with Gasteiger partial charge in [-0.05, 0) is 50.8 Å². The lowest BCUT2D eigenvalue weighted by atomic mass is 9.97. The minimum atomic E-state index is -0.818. The van der Waals surface area contributed by atoms with Crippen molar-refractivity contribution >= 4 is 11.9 Å². The average molecular weight is 437 g/mol. The van der Waals surface area contributed by atoms with Crippen LogP contribution in [0.25, 0.3) is 22.5 Å². The molecule has 1 heterocycles. The van der Waals surface area contributed by atoms with Gasteiger partial charge in [0.05, 0.1) is 13.2 Å². The SMILES string of the molecule is COc1ccc(-c2c(-c3ccccc3)oc(C)c2C(=O)OC(C)CCCCC(=O)O)cc1. The van der Waals surface area contributed by atoms with Crippen LogP contribution in [0.4, 0.5) is 0 Å². The molecule has 0 radical (unpaired) electrons. The van der Waals surface area contributed by atoms with Gasteiger partial charge in [-0.25, -0.2) is 4.79 Å². The number of methoxy groups -OCH3 is 1. The highest BCUT2D eigenvalue weighted by atomic mass is 16.5. The molecule has 0 amide bonds. The molecule has 0 bridgehead atoms. The minimum absolute atomic E-state index is 0.115. The molecule has 6 heteroatoms. The second-order valence-corrected chi connectivity index (χ2v) is 7.69. The maximum Gasteiger partial charge on any atom is 0.342 e. The van der Waals surface area contributed by atoms with Crippen LogP contribution in [0.5, 0.6) is 5.75 Å². The van der Waals surface area contributed by atoms with E-state index in [2.05, 4.69) is 0 Å². The molecule has 3 aromatic rings. The number of unbranched alkanes of at least 4 members (excludes halogenated alkanes) is 1. The normalized spacial score (nSPS) is 11.7. The van der Waals surface area contributed by atoms with E-state index in [4.69, 9.17) is 19.0 Å². The number of esters is 1. The van der Waals surface area contributed by atoms with Crippen molar-refractivity contribution in [1.82, 2.24) is 0 Å². The van der Waals surface area contributed by atoms with Crippen molar-refractivity contribution in [3.63, 3.8) is 0 Å². The predicted octanol–water partition coefficient (Wildman–Crippen LogP) is 6.12. The molecule has 6 nitrogen and oxygen atoms in total. The average Bonchev–Trinajstić information content (AvgIpc) is 3.14. The molecular weight excluding hydrogens is 408 g/mol. The molecule has 32 heavy (non-hydrogen) atoms. The highest BCUT2D eigenvalue weighted by molar-refractivity contribution is 6.02. The Balaban J connectivity index is 1.91. The number of carbonyl (C=O) groups is 2. The molecule has 0 aliphatic heterocycles. The third-order valence-electron chi connectivity index (χ3n) is 5.26. The fourth-order valence-corrected chi connectivity index (χ4v) is 3.63. The van der Waals surface area contributed by atoms with Crippen LogP contribution >= 0.6 is 0 Å². The van der Waals surface area contributed by atoms with Crippen molar-refractivity contribution in [2.45, 2.75) is 45.6 Å². The van der Waals surface area contributed by atoms with Crippen LogP contribution in [0, 0.1) is 6.92 Å². The van der Waals surface area contributed by atoms with Crippen molar-refractivity contribution in [3.05, 3.63) is 65.9 Å². The first kappa shape index (κ1) is 23.1. The van der Waals surface area contributed by atoms with Gasteiger partial charge in [-0.15, -0.1) is 0 Å². The number of carbonyl (C=O) groups excluding carboxylic acids is 1. The van der Waals surface area contributed by atoms with Crippen molar-refractivity contribution in [1.29, 1.82) is 0 Å². The first-order valence-corrected chi connectivity index (χ1v) is 10.7. The van der Waals surface area contributed by atoms with Crippen molar-refractivity contribution in [3.8, 4) is 28.2 Å². The van der Waals surface area contributed by atoms with Crippen molar-refractivity contribution < 1.29 is 28.6 Å². The van der Waals surface area contributed by atoms with Gasteiger partial charge in [0.15, 0.2) is 0 Å². The van der Waals surface area contributed by atoms with Crippen molar-refractivity contribution in [2.24, 2.45) is 0 Å². The molecule has 1 N–H and O–H groups in total. The smallest absolute Gasteiger partial charge is 0.342 e. The Labute approximate surface area is 187 Å². The summed E-state index contributed by atoms with van der Waals surface area (Å²) in [6, 6.07) is 17.1. The molecule has 0 aliphatic rings. The summed E-state index contributed by atoms with van der Waals surface area (Å²) >= 11 is 0. The zero-order valence-corrected chi connectivity index (χ0v) is 18.6. The standard InChI is InChI=1S/C26H28O6/c1-17(9-7-8-12-22(27)28)31-26(29)23-18(2)32-25(20-10-5-4-6-11-20)24(23)19-13-15-21(30-3)16-14-19/h4-6,10-11,13-17H,7-9,12H2,1-3H3,(H,27,28). The zero-order chi connectivity index (χ0) is 23.1. The van der Waals surface area contributed by atoms with E-state index < -0.39 is 11.9 Å². The van der Waals surface area contributed by atoms with Crippen LogP contribution in [0.15, 0.2) is 59.0 Å². The van der Waals surface area contributed by atoms with E-state index in [1.807, 2.05) is 61.5 Å². The number of ether oxygens (including phenoxy) is 2. The van der Waals surface area contributed by atoms with Gasteiger partial charge in [-0.1, -0.05) is 42.5 Å². The Kier molecular flexibility index (Phi) is 7.71. The summed E-state index contributed by atoms with van der Waals surface area (Å²) in [5.74, 6) is 0.535. The van der Waals surface area contributed by atoms with Crippen LogP contribution in [-0.2, 0) is 9.53 Å². The quantitative estimate of drug-likeness (QED) is 0.304. The van der Waals surface area contributed by atoms with E-state index in [-0.39, 0.29) is 12.5 Å². The van der Waals surface area contributed by atoms with E-state index in [9.17, 15) is 9.59 Å². The Bertz CT molecular complexity index is 1050. The number of aliphatic carboxylic acids is 1. The molecule has 3 rings (SSSR count). The zero-order valence-electron chi connectivity index (χ0n) is 18.6. The summed E-state index contributed by atoms with van der Waals surface area (Å²) in [4.78, 5) is 23.9. The maximum atomic E-state index is 13.2. The Morgan fingerprint density at radius 2 is 1.69 bits per heavy atom. The Morgan fingerprint density at radius 3 is 2.31 bits per heavy atom. The number of hydrogen-bond donors (Lipinski definition) is 1. The lowest BCUT2D eigenvalue weighted by molar-refractivity contribution is -0.137. The highest BCUT2D eigenvalue weighted by Gasteiger charge is 2.27. The summed E-state index contributed by atoms with van der Waals surface area (Å²) in [6.07, 6.45) is 1.60. The summed E-state index contributed by atoms with van der Waals surface area (Å²) < 4.78 is 17.0. The van der Waals surface area contributed by atoms with Crippen LogP contribution in [-0.4, -0.2) is 30.3 Å². The van der Waals surface area contributed by atoms with Gasteiger partial charge in [0.1, 0.15) is 22.8 Å². The summed E-state index contributed by atoms with van der Waals surface area (Å²) in [7, 11) is 1.60. The molecule has 0 aliphatic carbocycles. The molecule has 1 aromatic heterocycles. The Hall–Kier alpha value is -3.54. The van der Waals surface area contributed by atoms with Gasteiger partial charge in [-0.3, -0.25) is 4.79 Å². The second-order valence-electron chi connectivity index (χ2n) is 7.69. The van der Waals surface area contributed by atoms with E-state index in [1.165, 1.54) is 0 Å². The lowest BCUT2D eigenvalue weighted by Crippen LogP contribution is -2.16. The monoisotopic (exact) mass is 436 g/mol. The number of benzene rings is 2. The largest absolute Gasteiger partial charge is 0.497 e. The molecule has 2 aromatic carbocycles.